The fourth-order valence-electron chi connectivity index (χ4n) is 1.51. The molecule has 0 bridgehead atoms. The van der Waals surface area contributed by atoms with E-state index in [0.717, 1.165) is 7.11 Å². The molecule has 2 rings (SSSR count). The summed E-state index contributed by atoms with van der Waals surface area (Å²) < 4.78 is 38.7. The summed E-state index contributed by atoms with van der Waals surface area (Å²) in [4.78, 5) is 11.0. The molecule has 0 unspecified atom stereocenters. The Morgan fingerprint density at radius 3 is 2.61 bits per heavy atom. The molecule has 0 amide bonds. The SMILES string of the molecule is COC(=O)CS(=O)(=O)c1ccc2c(c1)OCCO2. The maximum atomic E-state index is 11.9. The zero-order valence-electron chi connectivity index (χ0n) is 9.71. The molecule has 1 heterocycles. The normalized spacial score (nSPS) is 14.1. The van der Waals surface area contributed by atoms with Gasteiger partial charge in [-0.25, -0.2) is 8.42 Å². The second kappa shape index (κ2) is 4.85. The predicted octanol–water partition coefficient (Wildman–Crippen LogP) is 0.405. The highest BCUT2D eigenvalue weighted by Crippen LogP contribution is 2.32. The zero-order valence-corrected chi connectivity index (χ0v) is 10.5. The van der Waals surface area contributed by atoms with Crippen molar-refractivity contribution in [1.29, 1.82) is 0 Å². The van der Waals surface area contributed by atoms with Crippen LogP contribution in [-0.2, 0) is 19.4 Å². The lowest BCUT2D eigenvalue weighted by Crippen LogP contribution is -2.19. The number of benzene rings is 1. The summed E-state index contributed by atoms with van der Waals surface area (Å²) in [5.41, 5.74) is 0. The van der Waals surface area contributed by atoms with E-state index in [9.17, 15) is 13.2 Å². The van der Waals surface area contributed by atoms with E-state index < -0.39 is 21.6 Å². The molecular weight excluding hydrogens is 260 g/mol. The van der Waals surface area contributed by atoms with Crippen molar-refractivity contribution < 1.29 is 27.4 Å². The first-order valence-electron chi connectivity index (χ1n) is 5.22. The summed E-state index contributed by atoms with van der Waals surface area (Å²) in [5.74, 6) is -0.626. The first kappa shape index (κ1) is 12.7. The van der Waals surface area contributed by atoms with Gasteiger partial charge in [0.05, 0.1) is 12.0 Å². The van der Waals surface area contributed by atoms with E-state index in [2.05, 4.69) is 4.74 Å². The second-order valence-corrected chi connectivity index (χ2v) is 5.63. The van der Waals surface area contributed by atoms with Crippen molar-refractivity contribution in [3.8, 4) is 11.5 Å². The first-order valence-corrected chi connectivity index (χ1v) is 6.87. The number of carbonyl (C=O) groups is 1. The van der Waals surface area contributed by atoms with E-state index in [1.807, 2.05) is 0 Å². The van der Waals surface area contributed by atoms with Gasteiger partial charge in [0.15, 0.2) is 27.1 Å². The fourth-order valence-corrected chi connectivity index (χ4v) is 2.67. The third-order valence-electron chi connectivity index (χ3n) is 2.41. The topological polar surface area (TPSA) is 78.9 Å². The van der Waals surface area contributed by atoms with Gasteiger partial charge in [-0.05, 0) is 12.1 Å². The predicted molar refractivity (Wildman–Crippen MR) is 61.5 cm³/mol. The molecule has 1 aromatic carbocycles. The van der Waals surface area contributed by atoms with Crippen molar-refractivity contribution in [2.75, 3.05) is 26.1 Å². The Morgan fingerprint density at radius 1 is 1.28 bits per heavy atom. The Bertz CT molecular complexity index is 563. The van der Waals surface area contributed by atoms with Crippen LogP contribution in [-0.4, -0.2) is 40.5 Å². The van der Waals surface area contributed by atoms with Gasteiger partial charge in [-0.15, -0.1) is 0 Å². The monoisotopic (exact) mass is 272 g/mol. The van der Waals surface area contributed by atoms with Crippen LogP contribution >= 0.6 is 0 Å². The van der Waals surface area contributed by atoms with E-state index in [4.69, 9.17) is 9.47 Å². The number of carbonyl (C=O) groups excluding carboxylic acids is 1. The lowest BCUT2D eigenvalue weighted by molar-refractivity contribution is -0.137. The lowest BCUT2D eigenvalue weighted by atomic mass is 10.3. The molecule has 0 fully saturated rings. The van der Waals surface area contributed by atoms with Crippen molar-refractivity contribution in [3.05, 3.63) is 18.2 Å². The number of hydrogen-bond acceptors (Lipinski definition) is 6. The number of esters is 1. The van der Waals surface area contributed by atoms with Crippen LogP contribution in [0.5, 0.6) is 11.5 Å². The van der Waals surface area contributed by atoms with Gasteiger partial charge in [-0.2, -0.15) is 0 Å². The largest absolute Gasteiger partial charge is 0.486 e. The molecule has 0 radical (unpaired) electrons. The fraction of sp³-hybridized carbons (Fsp3) is 0.364. The Labute approximate surface area is 104 Å². The van der Waals surface area contributed by atoms with Crippen LogP contribution < -0.4 is 9.47 Å². The molecule has 1 aromatic rings. The van der Waals surface area contributed by atoms with Crippen LogP contribution in [0.2, 0.25) is 0 Å². The molecule has 1 aliphatic rings. The minimum Gasteiger partial charge on any atom is -0.486 e. The maximum absolute atomic E-state index is 11.9. The Hall–Kier alpha value is -1.76. The van der Waals surface area contributed by atoms with Crippen molar-refractivity contribution in [2.45, 2.75) is 4.90 Å². The second-order valence-electron chi connectivity index (χ2n) is 3.64. The van der Waals surface area contributed by atoms with Gasteiger partial charge in [0.2, 0.25) is 0 Å². The lowest BCUT2D eigenvalue weighted by Gasteiger charge is -2.18. The Morgan fingerprint density at radius 2 is 1.94 bits per heavy atom. The molecule has 0 aliphatic carbocycles. The molecule has 0 saturated heterocycles. The third-order valence-corrected chi connectivity index (χ3v) is 4.00. The molecule has 0 atom stereocenters. The number of ether oxygens (including phenoxy) is 3. The summed E-state index contributed by atoms with van der Waals surface area (Å²) in [6.07, 6.45) is 0. The Balaban J connectivity index is 2.31. The molecule has 0 N–H and O–H groups in total. The van der Waals surface area contributed by atoms with Crippen LogP contribution in [0.4, 0.5) is 0 Å². The Kier molecular flexibility index (Phi) is 3.42. The number of rotatable bonds is 3. The first-order chi connectivity index (χ1) is 8.53. The number of methoxy groups -OCH3 is 1. The third kappa shape index (κ3) is 2.56. The van der Waals surface area contributed by atoms with Crippen LogP contribution in [0.3, 0.4) is 0 Å². The van der Waals surface area contributed by atoms with E-state index in [1.54, 1.807) is 0 Å². The smallest absolute Gasteiger partial charge is 0.321 e. The average molecular weight is 272 g/mol. The summed E-state index contributed by atoms with van der Waals surface area (Å²) in [6, 6.07) is 4.25. The summed E-state index contributed by atoms with van der Waals surface area (Å²) in [7, 11) is -2.57. The molecule has 7 heteroatoms. The van der Waals surface area contributed by atoms with Gasteiger partial charge >= 0.3 is 5.97 Å². The van der Waals surface area contributed by atoms with Crippen molar-refractivity contribution >= 4 is 15.8 Å². The van der Waals surface area contributed by atoms with Gasteiger partial charge in [0.1, 0.15) is 13.2 Å². The zero-order chi connectivity index (χ0) is 13.2. The van der Waals surface area contributed by atoms with Crippen LogP contribution in [0.25, 0.3) is 0 Å². The number of hydrogen-bond donors (Lipinski definition) is 0. The molecule has 6 nitrogen and oxygen atoms in total. The summed E-state index contributed by atoms with van der Waals surface area (Å²) in [6.45, 7) is 0.800. The molecule has 1 aliphatic heterocycles. The minimum absolute atomic E-state index is 0.0113. The highest BCUT2D eigenvalue weighted by atomic mass is 32.2. The molecular formula is C11H12O6S. The minimum atomic E-state index is -3.72. The van der Waals surface area contributed by atoms with Gasteiger partial charge in [0, 0.05) is 6.07 Å². The maximum Gasteiger partial charge on any atom is 0.321 e. The molecule has 98 valence electrons. The summed E-state index contributed by atoms with van der Waals surface area (Å²) >= 11 is 0. The average Bonchev–Trinajstić information content (AvgIpc) is 2.37. The molecule has 0 aromatic heterocycles. The van der Waals surface area contributed by atoms with Gasteiger partial charge in [-0.3, -0.25) is 4.79 Å². The van der Waals surface area contributed by atoms with E-state index in [0.29, 0.717) is 24.7 Å². The van der Waals surface area contributed by atoms with Crippen molar-refractivity contribution in [1.82, 2.24) is 0 Å². The molecule has 18 heavy (non-hydrogen) atoms. The quantitative estimate of drug-likeness (QED) is 0.741. The molecule has 0 spiro atoms. The van der Waals surface area contributed by atoms with Gasteiger partial charge in [0.25, 0.3) is 0 Å². The van der Waals surface area contributed by atoms with Gasteiger partial charge in [-0.1, -0.05) is 0 Å². The molecule has 0 saturated carbocycles. The van der Waals surface area contributed by atoms with E-state index >= 15 is 0 Å². The van der Waals surface area contributed by atoms with Crippen molar-refractivity contribution in [3.63, 3.8) is 0 Å². The number of fused-ring (bicyclic) bond motifs is 1. The standard InChI is InChI=1S/C11H12O6S/c1-15-11(12)7-18(13,14)8-2-3-9-10(6-8)17-5-4-16-9/h2-3,6H,4-5,7H2,1H3. The van der Waals surface area contributed by atoms with Crippen molar-refractivity contribution in [2.24, 2.45) is 0 Å². The van der Waals surface area contributed by atoms with Crippen LogP contribution in [0, 0.1) is 0 Å². The van der Waals surface area contributed by atoms with E-state index in [1.165, 1.54) is 18.2 Å². The highest BCUT2D eigenvalue weighted by Gasteiger charge is 2.22. The highest BCUT2D eigenvalue weighted by molar-refractivity contribution is 7.92. The van der Waals surface area contributed by atoms with E-state index in [-0.39, 0.29) is 4.90 Å². The van der Waals surface area contributed by atoms with Crippen LogP contribution in [0.1, 0.15) is 0 Å². The number of sulfone groups is 1. The van der Waals surface area contributed by atoms with Gasteiger partial charge < -0.3 is 14.2 Å². The summed E-state index contributed by atoms with van der Waals surface area (Å²) in [5, 5.41) is 0. The van der Waals surface area contributed by atoms with Crippen LogP contribution in [0.15, 0.2) is 23.1 Å².